The Morgan fingerprint density at radius 2 is 1.34 bits per heavy atom. The standard InChI is InChI=1S/C13H10N2O2.C8H6BrNO2.C5H6BNO2/c1-15-11-7-9(10-3-2-6-14-8-10)4-5-12(11)17-13(15)16;1-10-6-4-5(9)2-3-7(6)12-8(10)11;8-6(9)5-2-1-3-7-4-5/h2-8H,1H3;2-4H,1H3;1-4,8-9H. The minimum Gasteiger partial charge on any atom is -0.423 e. The molecule has 2 N–H and O–H groups in total. The quantitative estimate of drug-likeness (QED) is 0.300. The van der Waals surface area contributed by atoms with E-state index in [1.54, 1.807) is 57.0 Å². The Bertz CT molecular complexity index is 1780. The topological polar surface area (TPSA) is 137 Å². The third kappa shape index (κ3) is 6.17. The van der Waals surface area contributed by atoms with Crippen molar-refractivity contribution >= 4 is 50.7 Å². The fourth-order valence-corrected chi connectivity index (χ4v) is 3.82. The van der Waals surface area contributed by atoms with Crippen LogP contribution in [0.3, 0.4) is 0 Å². The van der Waals surface area contributed by atoms with Crippen molar-refractivity contribution in [2.45, 2.75) is 0 Å². The van der Waals surface area contributed by atoms with Crippen LogP contribution in [-0.2, 0) is 14.1 Å². The average molecular weight is 577 g/mol. The molecule has 0 bridgehead atoms. The fourth-order valence-electron chi connectivity index (χ4n) is 3.47. The largest absolute Gasteiger partial charge is 0.490 e. The van der Waals surface area contributed by atoms with Crippen molar-refractivity contribution in [1.82, 2.24) is 19.1 Å². The summed E-state index contributed by atoms with van der Waals surface area (Å²) in [5.74, 6) is -0.675. The molecule has 0 atom stereocenters. The Hall–Kier alpha value is -4.26. The first-order chi connectivity index (χ1) is 18.2. The first-order valence-corrected chi connectivity index (χ1v) is 12.0. The first-order valence-electron chi connectivity index (χ1n) is 11.3. The molecule has 4 heterocycles. The maximum absolute atomic E-state index is 11.4. The number of nitrogens with zero attached hydrogens (tertiary/aromatic N) is 4. The van der Waals surface area contributed by atoms with Gasteiger partial charge in [-0.05, 0) is 48.0 Å². The Kier molecular flexibility index (Phi) is 8.36. The van der Waals surface area contributed by atoms with Crippen LogP contribution in [0.25, 0.3) is 33.3 Å². The molecule has 12 heteroatoms. The lowest BCUT2D eigenvalue weighted by atomic mass is 9.82. The molecule has 0 aliphatic heterocycles. The summed E-state index contributed by atoms with van der Waals surface area (Å²) >= 11 is 3.32. The highest BCUT2D eigenvalue weighted by atomic mass is 79.9. The highest BCUT2D eigenvalue weighted by molar-refractivity contribution is 9.10. The molecule has 6 rings (SSSR count). The molecule has 6 aromatic rings. The molecular weight excluding hydrogens is 555 g/mol. The van der Waals surface area contributed by atoms with E-state index < -0.39 is 7.12 Å². The second kappa shape index (κ2) is 11.9. The van der Waals surface area contributed by atoms with Crippen molar-refractivity contribution in [1.29, 1.82) is 0 Å². The highest BCUT2D eigenvalue weighted by Crippen LogP contribution is 2.23. The first kappa shape index (κ1) is 26.8. The van der Waals surface area contributed by atoms with E-state index in [4.69, 9.17) is 18.9 Å². The van der Waals surface area contributed by atoms with Crippen LogP contribution >= 0.6 is 15.9 Å². The van der Waals surface area contributed by atoms with Crippen molar-refractivity contribution in [3.8, 4) is 11.1 Å². The summed E-state index contributed by atoms with van der Waals surface area (Å²) < 4.78 is 13.9. The second-order valence-corrected chi connectivity index (χ2v) is 8.97. The van der Waals surface area contributed by atoms with Crippen LogP contribution in [-0.4, -0.2) is 36.3 Å². The smallest absolute Gasteiger partial charge is 0.423 e. The maximum Gasteiger partial charge on any atom is 0.490 e. The lowest BCUT2D eigenvalue weighted by Crippen LogP contribution is -2.29. The zero-order chi connectivity index (χ0) is 27.2. The predicted octanol–water partition coefficient (Wildman–Crippen LogP) is 2.85. The van der Waals surface area contributed by atoms with E-state index in [1.165, 1.54) is 15.3 Å². The van der Waals surface area contributed by atoms with Crippen molar-refractivity contribution in [2.24, 2.45) is 14.1 Å². The van der Waals surface area contributed by atoms with Gasteiger partial charge in [0.2, 0.25) is 0 Å². The summed E-state index contributed by atoms with van der Waals surface area (Å²) in [7, 11) is 1.97. The fraction of sp³-hybridized carbons (Fsp3) is 0.0769. The summed E-state index contributed by atoms with van der Waals surface area (Å²) in [5, 5.41) is 17.1. The van der Waals surface area contributed by atoms with Crippen LogP contribution in [0.4, 0.5) is 0 Å². The van der Waals surface area contributed by atoms with E-state index in [0.717, 1.165) is 26.6 Å². The van der Waals surface area contributed by atoms with Crippen LogP contribution in [0.2, 0.25) is 0 Å². The molecule has 2 aromatic carbocycles. The van der Waals surface area contributed by atoms with Crippen LogP contribution in [0.5, 0.6) is 0 Å². The molecule has 0 aliphatic carbocycles. The predicted molar refractivity (Wildman–Crippen MR) is 148 cm³/mol. The van der Waals surface area contributed by atoms with Gasteiger partial charge in [-0.25, -0.2) is 9.59 Å². The minimum absolute atomic E-state index is 0.330. The summed E-state index contributed by atoms with van der Waals surface area (Å²) in [6.07, 6.45) is 6.51. The molecule has 0 saturated carbocycles. The molecule has 192 valence electrons. The molecule has 0 amide bonds. The van der Waals surface area contributed by atoms with Crippen LogP contribution in [0.15, 0.2) is 108 Å². The number of pyridine rings is 2. The SMILES string of the molecule is Cn1c(=O)oc2ccc(-c3cccnc3)cc21.Cn1c(=O)oc2ccc(Br)cc21.OB(O)c1cccnc1. The molecule has 0 radical (unpaired) electrons. The van der Waals surface area contributed by atoms with E-state index in [-0.39, 0.29) is 11.5 Å². The Morgan fingerprint density at radius 3 is 1.87 bits per heavy atom. The number of fused-ring (bicyclic) bond motifs is 2. The maximum atomic E-state index is 11.4. The van der Waals surface area contributed by atoms with Crippen LogP contribution < -0.4 is 17.0 Å². The number of hydrogen-bond acceptors (Lipinski definition) is 8. The van der Waals surface area contributed by atoms with E-state index in [1.807, 2.05) is 36.4 Å². The molecule has 0 aliphatic rings. The van der Waals surface area contributed by atoms with Gasteiger partial charge in [-0.3, -0.25) is 19.1 Å². The van der Waals surface area contributed by atoms with E-state index in [2.05, 4.69) is 25.9 Å². The van der Waals surface area contributed by atoms with E-state index in [9.17, 15) is 9.59 Å². The number of aryl methyl sites for hydroxylation is 2. The monoisotopic (exact) mass is 576 g/mol. The molecule has 4 aromatic heterocycles. The second-order valence-electron chi connectivity index (χ2n) is 8.05. The van der Waals surface area contributed by atoms with Crippen molar-refractivity contribution in [3.63, 3.8) is 0 Å². The van der Waals surface area contributed by atoms with Crippen molar-refractivity contribution in [2.75, 3.05) is 0 Å². The number of rotatable bonds is 2. The van der Waals surface area contributed by atoms with Gasteiger partial charge in [0, 0.05) is 54.4 Å². The summed E-state index contributed by atoms with van der Waals surface area (Å²) in [6.45, 7) is 0. The van der Waals surface area contributed by atoms with Crippen LogP contribution in [0, 0.1) is 0 Å². The van der Waals surface area contributed by atoms with Crippen molar-refractivity contribution in [3.05, 3.63) is 111 Å². The number of oxazole rings is 2. The molecule has 0 fully saturated rings. The Morgan fingerprint density at radius 1 is 0.763 bits per heavy atom. The molecule has 38 heavy (non-hydrogen) atoms. The van der Waals surface area contributed by atoms with Crippen LogP contribution in [0.1, 0.15) is 0 Å². The van der Waals surface area contributed by atoms with Gasteiger partial charge in [-0.2, -0.15) is 0 Å². The van der Waals surface area contributed by atoms with Gasteiger partial charge in [0.25, 0.3) is 0 Å². The molecule has 10 nitrogen and oxygen atoms in total. The lowest BCUT2D eigenvalue weighted by Gasteiger charge is -2.00. The van der Waals surface area contributed by atoms with Gasteiger partial charge >= 0.3 is 18.6 Å². The zero-order valence-electron chi connectivity index (χ0n) is 20.4. The Labute approximate surface area is 224 Å². The lowest BCUT2D eigenvalue weighted by molar-refractivity contribution is 0.425. The van der Waals surface area contributed by atoms with Gasteiger partial charge in [0.1, 0.15) is 0 Å². The summed E-state index contributed by atoms with van der Waals surface area (Å²) in [4.78, 5) is 30.2. The molecule has 0 unspecified atom stereocenters. The third-order valence-corrected chi connectivity index (χ3v) is 6.02. The van der Waals surface area contributed by atoms with E-state index >= 15 is 0 Å². The van der Waals surface area contributed by atoms with Crippen molar-refractivity contribution < 1.29 is 18.9 Å². The molecule has 0 spiro atoms. The van der Waals surface area contributed by atoms with Gasteiger partial charge in [0.15, 0.2) is 11.2 Å². The average Bonchev–Trinajstić information content (AvgIpc) is 3.39. The number of benzene rings is 2. The van der Waals surface area contributed by atoms with E-state index in [0.29, 0.717) is 16.6 Å². The Balaban J connectivity index is 0.000000141. The molecular formula is C26H22BBrN4O6. The third-order valence-electron chi connectivity index (χ3n) is 5.52. The van der Waals surface area contributed by atoms with Gasteiger partial charge in [-0.1, -0.05) is 34.1 Å². The summed E-state index contributed by atoms with van der Waals surface area (Å²) in [6, 6.07) is 18.2. The van der Waals surface area contributed by atoms with Gasteiger partial charge in [-0.15, -0.1) is 0 Å². The zero-order valence-corrected chi connectivity index (χ0v) is 21.9. The van der Waals surface area contributed by atoms with Gasteiger partial charge < -0.3 is 18.9 Å². The van der Waals surface area contributed by atoms with Gasteiger partial charge in [0.05, 0.1) is 11.0 Å². The minimum atomic E-state index is -1.40. The number of halogens is 1. The summed E-state index contributed by atoms with van der Waals surface area (Å²) in [5.41, 5.74) is 5.25. The number of aromatic nitrogens is 4. The number of hydrogen-bond donors (Lipinski definition) is 2. The normalized spacial score (nSPS) is 10.4. The highest BCUT2D eigenvalue weighted by Gasteiger charge is 2.09. The molecule has 0 saturated heterocycles.